The summed E-state index contributed by atoms with van der Waals surface area (Å²) >= 11 is 0. The third-order valence-electron chi connectivity index (χ3n) is 3.26. The largest absolute Gasteiger partial charge is 0.352 e. The molecular formula is C12H24N2O. The van der Waals surface area contributed by atoms with Gasteiger partial charge in [-0.2, -0.15) is 0 Å². The zero-order valence-electron chi connectivity index (χ0n) is 10.2. The molecule has 3 heteroatoms. The van der Waals surface area contributed by atoms with Crippen molar-refractivity contribution in [3.63, 3.8) is 0 Å². The van der Waals surface area contributed by atoms with Crippen LogP contribution in [-0.2, 0) is 4.79 Å². The van der Waals surface area contributed by atoms with Crippen LogP contribution in [0, 0.1) is 5.41 Å². The van der Waals surface area contributed by atoms with E-state index in [0.717, 1.165) is 25.9 Å². The van der Waals surface area contributed by atoms with E-state index in [2.05, 4.69) is 31.4 Å². The van der Waals surface area contributed by atoms with Gasteiger partial charge >= 0.3 is 0 Å². The predicted molar refractivity (Wildman–Crippen MR) is 62.7 cm³/mol. The number of piperidine rings is 1. The monoisotopic (exact) mass is 212 g/mol. The molecule has 15 heavy (non-hydrogen) atoms. The number of hydrogen-bond acceptors (Lipinski definition) is 2. The first-order valence-corrected chi connectivity index (χ1v) is 6.03. The molecule has 0 aliphatic carbocycles. The molecule has 3 nitrogen and oxygen atoms in total. The van der Waals surface area contributed by atoms with Gasteiger partial charge in [-0.3, -0.25) is 4.79 Å². The van der Waals surface area contributed by atoms with Gasteiger partial charge in [0.15, 0.2) is 0 Å². The maximum Gasteiger partial charge on any atom is 0.220 e. The van der Waals surface area contributed by atoms with E-state index in [4.69, 9.17) is 0 Å². The lowest BCUT2D eigenvalue weighted by molar-refractivity contribution is -0.123. The highest BCUT2D eigenvalue weighted by Crippen LogP contribution is 2.24. The Kier molecular flexibility index (Phi) is 4.58. The van der Waals surface area contributed by atoms with Gasteiger partial charge < -0.3 is 10.6 Å². The molecule has 1 atom stereocenters. The Morgan fingerprint density at radius 3 is 2.80 bits per heavy atom. The fraction of sp³-hybridized carbons (Fsp3) is 0.917. The topological polar surface area (TPSA) is 41.1 Å². The molecule has 0 spiro atoms. The van der Waals surface area contributed by atoms with Crippen molar-refractivity contribution >= 4 is 5.91 Å². The lowest BCUT2D eigenvalue weighted by Crippen LogP contribution is -2.46. The highest BCUT2D eigenvalue weighted by Gasteiger charge is 2.22. The van der Waals surface area contributed by atoms with E-state index in [1.54, 1.807) is 0 Å². The third-order valence-corrected chi connectivity index (χ3v) is 3.26. The molecular weight excluding hydrogens is 188 g/mol. The van der Waals surface area contributed by atoms with Crippen molar-refractivity contribution in [2.45, 2.75) is 52.5 Å². The molecule has 1 rings (SSSR count). The van der Waals surface area contributed by atoms with Crippen molar-refractivity contribution in [2.24, 2.45) is 5.41 Å². The maximum atomic E-state index is 11.7. The van der Waals surface area contributed by atoms with Gasteiger partial charge in [-0.05, 0) is 24.8 Å². The molecule has 0 aromatic carbocycles. The summed E-state index contributed by atoms with van der Waals surface area (Å²) < 4.78 is 0. The van der Waals surface area contributed by atoms with Gasteiger partial charge in [-0.1, -0.05) is 27.2 Å². The van der Waals surface area contributed by atoms with Gasteiger partial charge in [-0.25, -0.2) is 0 Å². The summed E-state index contributed by atoms with van der Waals surface area (Å²) in [5.74, 6) is 0.204. The lowest BCUT2D eigenvalue weighted by Gasteiger charge is -2.27. The summed E-state index contributed by atoms with van der Waals surface area (Å²) in [6.07, 6.45) is 3.97. The fourth-order valence-electron chi connectivity index (χ4n) is 1.81. The number of carbonyl (C=O) groups excluding carboxylic acids is 1. The van der Waals surface area contributed by atoms with Crippen molar-refractivity contribution in [3.05, 3.63) is 0 Å². The minimum Gasteiger partial charge on any atom is -0.352 e. The Morgan fingerprint density at radius 1 is 1.53 bits per heavy atom. The highest BCUT2D eigenvalue weighted by molar-refractivity contribution is 5.76. The molecule has 0 aromatic heterocycles. The molecule has 0 radical (unpaired) electrons. The van der Waals surface area contributed by atoms with Crippen LogP contribution in [-0.4, -0.2) is 25.0 Å². The number of hydrogen-bond donors (Lipinski definition) is 2. The van der Waals surface area contributed by atoms with Crippen LogP contribution in [0.2, 0.25) is 0 Å². The SMILES string of the molecule is CCC(C)(C)CC(=O)NC1CCCNC1. The molecule has 1 unspecified atom stereocenters. The molecule has 0 aromatic rings. The van der Waals surface area contributed by atoms with Crippen molar-refractivity contribution in [1.82, 2.24) is 10.6 Å². The fourth-order valence-corrected chi connectivity index (χ4v) is 1.81. The molecule has 1 aliphatic heterocycles. The van der Waals surface area contributed by atoms with E-state index in [-0.39, 0.29) is 11.3 Å². The molecule has 1 saturated heterocycles. The number of rotatable bonds is 4. The summed E-state index contributed by atoms with van der Waals surface area (Å²) in [7, 11) is 0. The van der Waals surface area contributed by atoms with Gasteiger partial charge in [0, 0.05) is 19.0 Å². The minimum absolute atomic E-state index is 0.131. The van der Waals surface area contributed by atoms with Crippen LogP contribution >= 0.6 is 0 Å². The zero-order chi connectivity index (χ0) is 11.3. The van der Waals surface area contributed by atoms with E-state index >= 15 is 0 Å². The molecule has 1 aliphatic rings. The average Bonchev–Trinajstić information content (AvgIpc) is 2.18. The number of amides is 1. The van der Waals surface area contributed by atoms with Crippen molar-refractivity contribution < 1.29 is 4.79 Å². The van der Waals surface area contributed by atoms with Crippen LogP contribution in [0.25, 0.3) is 0 Å². The van der Waals surface area contributed by atoms with Crippen molar-refractivity contribution in [1.29, 1.82) is 0 Å². The van der Waals surface area contributed by atoms with Gasteiger partial charge in [0.05, 0.1) is 0 Å². The van der Waals surface area contributed by atoms with Crippen molar-refractivity contribution in [3.8, 4) is 0 Å². The van der Waals surface area contributed by atoms with Gasteiger partial charge in [0.1, 0.15) is 0 Å². The second-order valence-electron chi connectivity index (χ2n) is 5.31. The third kappa shape index (κ3) is 4.65. The lowest BCUT2D eigenvalue weighted by atomic mass is 9.86. The van der Waals surface area contributed by atoms with E-state index in [1.165, 1.54) is 6.42 Å². The zero-order valence-corrected chi connectivity index (χ0v) is 10.2. The van der Waals surface area contributed by atoms with E-state index in [1.807, 2.05) is 0 Å². The molecule has 88 valence electrons. The summed E-state index contributed by atoms with van der Waals surface area (Å²) in [6, 6.07) is 0.346. The van der Waals surface area contributed by atoms with Crippen molar-refractivity contribution in [2.75, 3.05) is 13.1 Å². The summed E-state index contributed by atoms with van der Waals surface area (Å²) in [4.78, 5) is 11.7. The smallest absolute Gasteiger partial charge is 0.220 e. The number of nitrogens with one attached hydrogen (secondary N) is 2. The first-order valence-electron chi connectivity index (χ1n) is 6.03. The molecule has 2 N–H and O–H groups in total. The number of carbonyl (C=O) groups is 1. The second-order valence-corrected chi connectivity index (χ2v) is 5.31. The quantitative estimate of drug-likeness (QED) is 0.744. The molecule has 1 fully saturated rings. The minimum atomic E-state index is 0.131. The Balaban J connectivity index is 2.28. The Morgan fingerprint density at radius 2 is 2.27 bits per heavy atom. The molecule has 1 amide bonds. The molecule has 0 bridgehead atoms. The average molecular weight is 212 g/mol. The first kappa shape index (κ1) is 12.5. The summed E-state index contributed by atoms with van der Waals surface area (Å²) in [5, 5.41) is 6.41. The first-order chi connectivity index (χ1) is 7.03. The predicted octanol–water partition coefficient (Wildman–Crippen LogP) is 1.68. The summed E-state index contributed by atoms with van der Waals surface area (Å²) in [6.45, 7) is 8.44. The maximum absolute atomic E-state index is 11.7. The standard InChI is InChI=1S/C12H24N2O/c1-4-12(2,3)8-11(15)14-10-6-5-7-13-9-10/h10,13H,4-9H2,1-3H3,(H,14,15). The molecule has 1 heterocycles. The van der Waals surface area contributed by atoms with Crippen LogP contribution in [0.5, 0.6) is 0 Å². The Bertz CT molecular complexity index is 208. The van der Waals surface area contributed by atoms with Crippen LogP contribution < -0.4 is 10.6 Å². The van der Waals surface area contributed by atoms with Crippen LogP contribution in [0.4, 0.5) is 0 Å². The Labute approximate surface area is 93.0 Å². The molecule has 0 saturated carbocycles. The van der Waals surface area contributed by atoms with Crippen LogP contribution in [0.1, 0.15) is 46.5 Å². The van der Waals surface area contributed by atoms with Gasteiger partial charge in [-0.15, -0.1) is 0 Å². The van der Waals surface area contributed by atoms with Crippen LogP contribution in [0.15, 0.2) is 0 Å². The van der Waals surface area contributed by atoms with E-state index < -0.39 is 0 Å². The van der Waals surface area contributed by atoms with Gasteiger partial charge in [0.2, 0.25) is 5.91 Å². The Hall–Kier alpha value is -0.570. The normalized spacial score (nSPS) is 22.5. The van der Waals surface area contributed by atoms with E-state index in [9.17, 15) is 4.79 Å². The van der Waals surface area contributed by atoms with Crippen LogP contribution in [0.3, 0.4) is 0 Å². The highest BCUT2D eigenvalue weighted by atomic mass is 16.1. The second kappa shape index (κ2) is 5.50. The van der Waals surface area contributed by atoms with E-state index in [0.29, 0.717) is 12.5 Å². The summed E-state index contributed by atoms with van der Waals surface area (Å²) in [5.41, 5.74) is 0.131. The van der Waals surface area contributed by atoms with Gasteiger partial charge in [0.25, 0.3) is 0 Å².